The molecule has 98 valence electrons. The molecule has 1 aromatic rings. The van der Waals surface area contributed by atoms with E-state index < -0.39 is 26.5 Å². The Kier molecular flexibility index (Phi) is 5.70. The molecule has 2 unspecified atom stereocenters. The summed E-state index contributed by atoms with van der Waals surface area (Å²) >= 11 is -1.28. The van der Waals surface area contributed by atoms with Crippen LogP contribution in [-0.2, 0) is 21.1 Å². The highest BCUT2D eigenvalue weighted by Gasteiger charge is 2.24. The van der Waals surface area contributed by atoms with E-state index in [4.69, 9.17) is 9.66 Å². The molecule has 0 aromatic carbocycles. The maximum atomic E-state index is 11.8. The van der Waals surface area contributed by atoms with Gasteiger partial charge in [0.1, 0.15) is 9.58 Å². The summed E-state index contributed by atoms with van der Waals surface area (Å²) < 4.78 is 45.7. The average Bonchev–Trinajstić information content (AvgIpc) is 2.77. The van der Waals surface area contributed by atoms with Crippen LogP contribution in [0.4, 0.5) is 0 Å². The van der Waals surface area contributed by atoms with Crippen LogP contribution in [0.5, 0.6) is 0 Å². The Morgan fingerprint density at radius 3 is 2.71 bits per heavy atom. The van der Waals surface area contributed by atoms with Gasteiger partial charge in [0.2, 0.25) is 0 Å². The maximum Gasteiger partial charge on any atom is 0.251 e. The van der Waals surface area contributed by atoms with E-state index in [0.29, 0.717) is 0 Å². The third-order valence-corrected chi connectivity index (χ3v) is 5.77. The van der Waals surface area contributed by atoms with E-state index in [2.05, 4.69) is 4.72 Å². The second-order valence-corrected chi connectivity index (χ2v) is 7.19. The summed E-state index contributed by atoms with van der Waals surface area (Å²) in [6.45, 7) is -0.158. The minimum atomic E-state index is -3.76. The van der Waals surface area contributed by atoms with Gasteiger partial charge < -0.3 is 9.66 Å². The lowest BCUT2D eigenvalue weighted by atomic mass is 10.3. The van der Waals surface area contributed by atoms with Crippen LogP contribution in [0.25, 0.3) is 0 Å². The number of sulfonamides is 1. The van der Waals surface area contributed by atoms with Crippen molar-refractivity contribution in [3.63, 3.8) is 0 Å². The number of hydrogen-bond donors (Lipinski definition) is 3. The van der Waals surface area contributed by atoms with Crippen LogP contribution < -0.4 is 4.72 Å². The van der Waals surface area contributed by atoms with E-state index in [1.807, 2.05) is 0 Å². The van der Waals surface area contributed by atoms with Crippen LogP contribution >= 0.6 is 11.3 Å². The van der Waals surface area contributed by atoms with E-state index in [1.165, 1.54) is 6.07 Å². The predicted octanol–water partition coefficient (Wildman–Crippen LogP) is 0.347. The topological polar surface area (TPSA) is 104 Å². The Morgan fingerprint density at radius 1 is 1.53 bits per heavy atom. The Morgan fingerprint density at radius 2 is 2.24 bits per heavy atom. The van der Waals surface area contributed by atoms with Crippen molar-refractivity contribution in [2.24, 2.45) is 0 Å². The summed E-state index contributed by atoms with van der Waals surface area (Å²) in [5.74, 6) is 0. The molecule has 1 heterocycles. The molecule has 17 heavy (non-hydrogen) atoms. The highest BCUT2D eigenvalue weighted by molar-refractivity contribution is 7.92. The van der Waals surface area contributed by atoms with Crippen molar-refractivity contribution in [2.75, 3.05) is 6.61 Å². The smallest absolute Gasteiger partial charge is 0.251 e. The van der Waals surface area contributed by atoms with Crippen LogP contribution in [0, 0.1) is 0 Å². The minimum Gasteiger partial charge on any atom is -0.396 e. The number of aliphatic hydroxyl groups excluding tert-OH is 1. The van der Waals surface area contributed by atoms with Crippen molar-refractivity contribution in [2.45, 2.75) is 22.4 Å². The van der Waals surface area contributed by atoms with Gasteiger partial charge in [-0.15, -0.1) is 11.3 Å². The molecule has 0 radical (unpaired) electrons. The van der Waals surface area contributed by atoms with Crippen LogP contribution in [0.1, 0.15) is 12.8 Å². The molecule has 9 heteroatoms. The summed E-state index contributed by atoms with van der Waals surface area (Å²) in [5, 5.41) is 9.13. The highest BCUT2D eigenvalue weighted by atomic mass is 32.2. The summed E-state index contributed by atoms with van der Waals surface area (Å²) in [6, 6.07) is 2.99. The summed E-state index contributed by atoms with van der Waals surface area (Å²) in [6.07, 6.45) is 0.355. The first-order valence-corrected chi connectivity index (χ1v) is 8.27. The number of aliphatic hydroxyl groups is 1. The zero-order chi connectivity index (χ0) is 12.9. The van der Waals surface area contributed by atoms with Crippen molar-refractivity contribution in [1.82, 2.24) is 4.72 Å². The van der Waals surface area contributed by atoms with Crippen molar-refractivity contribution in [3.8, 4) is 0 Å². The highest BCUT2D eigenvalue weighted by Crippen LogP contribution is 2.17. The van der Waals surface area contributed by atoms with Gasteiger partial charge in [0.15, 0.2) is 11.1 Å². The van der Waals surface area contributed by atoms with Gasteiger partial charge in [-0.2, -0.15) is 4.72 Å². The molecule has 6 nitrogen and oxygen atoms in total. The monoisotopic (exact) mass is 299 g/mol. The molecule has 0 spiro atoms. The largest absolute Gasteiger partial charge is 0.396 e. The van der Waals surface area contributed by atoms with E-state index in [0.717, 1.165) is 11.3 Å². The van der Waals surface area contributed by atoms with E-state index >= 15 is 0 Å². The van der Waals surface area contributed by atoms with Gasteiger partial charge in [0.25, 0.3) is 10.0 Å². The van der Waals surface area contributed by atoms with E-state index in [1.54, 1.807) is 11.4 Å². The third-order valence-electron chi connectivity index (χ3n) is 1.91. The third kappa shape index (κ3) is 4.45. The summed E-state index contributed by atoms with van der Waals surface area (Å²) in [4.78, 5) is 0. The molecule has 0 bridgehead atoms. The fourth-order valence-electron chi connectivity index (χ4n) is 1.13. The second kappa shape index (κ2) is 6.57. The van der Waals surface area contributed by atoms with Crippen LogP contribution in [0.3, 0.4) is 0 Å². The molecule has 0 saturated carbocycles. The molecule has 0 aliphatic rings. The predicted molar refractivity (Wildman–Crippen MR) is 65.5 cm³/mol. The molecule has 2 atom stereocenters. The quantitative estimate of drug-likeness (QED) is 0.630. The van der Waals surface area contributed by atoms with E-state index in [9.17, 15) is 12.6 Å². The van der Waals surface area contributed by atoms with Gasteiger partial charge in [0.05, 0.1) is 0 Å². The average molecular weight is 299 g/mol. The Labute approximate surface area is 106 Å². The van der Waals surface area contributed by atoms with E-state index in [-0.39, 0.29) is 23.7 Å². The number of thiophene rings is 1. The SMILES string of the molecule is O=S(O)C(CCCO)NS(=O)(=O)c1cccs1. The molecule has 0 fully saturated rings. The first-order chi connectivity index (χ1) is 7.97. The lowest BCUT2D eigenvalue weighted by Crippen LogP contribution is -2.37. The number of nitrogens with one attached hydrogen (secondary N) is 1. The zero-order valence-electron chi connectivity index (χ0n) is 8.77. The van der Waals surface area contributed by atoms with Gasteiger partial charge >= 0.3 is 0 Å². The fraction of sp³-hybridized carbons (Fsp3) is 0.500. The van der Waals surface area contributed by atoms with Crippen LogP contribution in [-0.4, -0.2) is 34.3 Å². The standard InChI is InChI=1S/C8H13NO5S3/c10-5-1-3-7(16(11)12)9-17(13,14)8-4-2-6-15-8/h2,4,6-7,9-10H,1,3,5H2,(H,11,12). The van der Waals surface area contributed by atoms with Crippen LogP contribution in [0.2, 0.25) is 0 Å². The van der Waals surface area contributed by atoms with Gasteiger partial charge in [-0.25, -0.2) is 12.6 Å². The summed E-state index contributed by atoms with van der Waals surface area (Å²) in [7, 11) is -3.76. The zero-order valence-corrected chi connectivity index (χ0v) is 11.2. The molecule has 0 aliphatic carbocycles. The Bertz CT molecular complexity index is 456. The fourth-order valence-corrected chi connectivity index (χ4v) is 4.31. The molecule has 0 saturated heterocycles. The number of hydrogen-bond acceptors (Lipinski definition) is 5. The van der Waals surface area contributed by atoms with Gasteiger partial charge in [0, 0.05) is 6.61 Å². The van der Waals surface area contributed by atoms with Crippen molar-refractivity contribution in [1.29, 1.82) is 0 Å². The van der Waals surface area contributed by atoms with Gasteiger partial charge in [-0.1, -0.05) is 6.07 Å². The van der Waals surface area contributed by atoms with Gasteiger partial charge in [-0.3, -0.25) is 0 Å². The van der Waals surface area contributed by atoms with Crippen molar-refractivity contribution >= 4 is 32.4 Å². The molecule has 3 N–H and O–H groups in total. The molecule has 1 aromatic heterocycles. The Balaban J connectivity index is 2.76. The lowest BCUT2D eigenvalue weighted by molar-refractivity contribution is 0.282. The maximum absolute atomic E-state index is 11.8. The first kappa shape index (κ1) is 14.7. The normalized spacial score (nSPS) is 15.6. The van der Waals surface area contributed by atoms with Crippen LogP contribution in [0.15, 0.2) is 21.7 Å². The lowest BCUT2D eigenvalue weighted by Gasteiger charge is -2.13. The molecule has 0 amide bonds. The van der Waals surface area contributed by atoms with Crippen molar-refractivity contribution in [3.05, 3.63) is 17.5 Å². The molecular weight excluding hydrogens is 286 g/mol. The van der Waals surface area contributed by atoms with Gasteiger partial charge in [-0.05, 0) is 24.3 Å². The number of rotatable bonds is 7. The molecular formula is C8H13NO5S3. The molecule has 1 rings (SSSR count). The summed E-state index contributed by atoms with van der Waals surface area (Å²) in [5.41, 5.74) is 0. The van der Waals surface area contributed by atoms with Crippen molar-refractivity contribution < 1.29 is 22.3 Å². The Hall–Kier alpha value is -0.320. The first-order valence-electron chi connectivity index (χ1n) is 4.73. The molecule has 0 aliphatic heterocycles. The second-order valence-electron chi connectivity index (χ2n) is 3.18. The minimum absolute atomic E-state index is 0.0944.